The third-order valence-corrected chi connectivity index (χ3v) is 4.78. The highest BCUT2D eigenvalue weighted by molar-refractivity contribution is 5.52. The lowest BCUT2D eigenvalue weighted by molar-refractivity contribution is 0.262. The molecule has 1 aliphatic heterocycles. The highest BCUT2D eigenvalue weighted by Gasteiger charge is 2.30. The molecule has 1 aliphatic rings. The topological polar surface area (TPSA) is 32.7 Å². The van der Waals surface area contributed by atoms with E-state index >= 15 is 0 Å². The van der Waals surface area contributed by atoms with Crippen molar-refractivity contribution in [3.63, 3.8) is 0 Å². The van der Waals surface area contributed by atoms with Gasteiger partial charge in [-0.25, -0.2) is 0 Å². The molecule has 0 amide bonds. The fourth-order valence-corrected chi connectivity index (χ4v) is 3.30. The standard InChI is InChI=1S/C20H25NO2/c1-3-16-12-18(14-22)21(13-16)17-8-10-19(11-9-17)23-20-7-5-4-6-15(20)2/h4-11,16,18,22H,3,12-14H2,1-2H3/t16-,18-/m0/s1. The largest absolute Gasteiger partial charge is 0.457 e. The van der Waals surface area contributed by atoms with E-state index in [1.165, 1.54) is 6.42 Å². The van der Waals surface area contributed by atoms with Crippen LogP contribution in [0.4, 0.5) is 5.69 Å². The van der Waals surface area contributed by atoms with Crippen molar-refractivity contribution in [1.29, 1.82) is 0 Å². The first kappa shape index (κ1) is 15.9. The second-order valence-corrected chi connectivity index (χ2v) is 6.36. The van der Waals surface area contributed by atoms with Gasteiger partial charge >= 0.3 is 0 Å². The van der Waals surface area contributed by atoms with Gasteiger partial charge in [0, 0.05) is 12.2 Å². The molecule has 3 heteroatoms. The summed E-state index contributed by atoms with van der Waals surface area (Å²) in [5.74, 6) is 2.41. The average Bonchev–Trinajstić information content (AvgIpc) is 3.01. The molecular formula is C20H25NO2. The first-order valence-corrected chi connectivity index (χ1v) is 8.42. The van der Waals surface area contributed by atoms with E-state index in [1.54, 1.807) is 0 Å². The lowest BCUT2D eigenvalue weighted by Crippen LogP contribution is -2.32. The first-order valence-electron chi connectivity index (χ1n) is 8.42. The molecule has 2 aromatic rings. The van der Waals surface area contributed by atoms with Gasteiger partial charge in [-0.1, -0.05) is 31.5 Å². The van der Waals surface area contributed by atoms with E-state index in [9.17, 15) is 5.11 Å². The molecule has 0 aromatic heterocycles. The zero-order valence-corrected chi connectivity index (χ0v) is 13.9. The fourth-order valence-electron chi connectivity index (χ4n) is 3.30. The molecule has 1 saturated heterocycles. The van der Waals surface area contributed by atoms with Crippen LogP contribution in [0.25, 0.3) is 0 Å². The lowest BCUT2D eigenvalue weighted by Gasteiger charge is -2.25. The quantitative estimate of drug-likeness (QED) is 0.889. The van der Waals surface area contributed by atoms with E-state index in [-0.39, 0.29) is 12.6 Å². The molecular weight excluding hydrogens is 286 g/mol. The predicted molar refractivity (Wildman–Crippen MR) is 94.3 cm³/mol. The second kappa shape index (κ2) is 7.05. The smallest absolute Gasteiger partial charge is 0.130 e. The van der Waals surface area contributed by atoms with Crippen LogP contribution in [0.15, 0.2) is 48.5 Å². The molecule has 122 valence electrons. The summed E-state index contributed by atoms with van der Waals surface area (Å²) in [7, 11) is 0. The number of para-hydroxylation sites is 1. The number of ether oxygens (including phenoxy) is 1. The van der Waals surface area contributed by atoms with Crippen LogP contribution in [0.5, 0.6) is 11.5 Å². The molecule has 3 nitrogen and oxygen atoms in total. The van der Waals surface area contributed by atoms with Gasteiger partial charge in [-0.2, -0.15) is 0 Å². The summed E-state index contributed by atoms with van der Waals surface area (Å²) in [6.45, 7) is 5.52. The van der Waals surface area contributed by atoms with E-state index in [1.807, 2.05) is 43.3 Å². The van der Waals surface area contributed by atoms with Crippen molar-refractivity contribution in [3.05, 3.63) is 54.1 Å². The molecule has 2 aromatic carbocycles. The Hall–Kier alpha value is -2.00. The van der Waals surface area contributed by atoms with Gasteiger partial charge in [-0.3, -0.25) is 0 Å². The van der Waals surface area contributed by atoms with Crippen LogP contribution in [-0.4, -0.2) is 24.3 Å². The highest BCUT2D eigenvalue weighted by Crippen LogP contribution is 2.32. The van der Waals surface area contributed by atoms with Crippen LogP contribution in [0.1, 0.15) is 25.3 Å². The first-order chi connectivity index (χ1) is 11.2. The van der Waals surface area contributed by atoms with Gasteiger partial charge in [-0.05, 0) is 55.2 Å². The monoisotopic (exact) mass is 311 g/mol. The number of hydrogen-bond donors (Lipinski definition) is 1. The SMILES string of the molecule is CC[C@H]1C[C@@H](CO)N(c2ccc(Oc3ccccc3C)cc2)C1. The summed E-state index contributed by atoms with van der Waals surface area (Å²) >= 11 is 0. The van der Waals surface area contributed by atoms with Gasteiger partial charge in [0.15, 0.2) is 0 Å². The predicted octanol–water partition coefficient (Wildman–Crippen LogP) is 4.38. The minimum atomic E-state index is 0.220. The summed E-state index contributed by atoms with van der Waals surface area (Å²) in [5.41, 5.74) is 2.29. The Morgan fingerprint density at radius 3 is 2.52 bits per heavy atom. The van der Waals surface area contributed by atoms with Crippen LogP contribution in [0, 0.1) is 12.8 Å². The van der Waals surface area contributed by atoms with Crippen LogP contribution in [0.2, 0.25) is 0 Å². The lowest BCUT2D eigenvalue weighted by atomic mass is 10.0. The van der Waals surface area contributed by atoms with Crippen molar-refractivity contribution in [3.8, 4) is 11.5 Å². The van der Waals surface area contributed by atoms with Crippen molar-refractivity contribution >= 4 is 5.69 Å². The molecule has 1 N–H and O–H groups in total. The van der Waals surface area contributed by atoms with Crippen LogP contribution >= 0.6 is 0 Å². The number of rotatable bonds is 5. The summed E-state index contributed by atoms with van der Waals surface area (Å²) in [5, 5.41) is 9.62. The summed E-state index contributed by atoms with van der Waals surface area (Å²) < 4.78 is 5.95. The molecule has 3 rings (SSSR count). The zero-order valence-electron chi connectivity index (χ0n) is 13.9. The second-order valence-electron chi connectivity index (χ2n) is 6.36. The van der Waals surface area contributed by atoms with Gasteiger partial charge in [0.1, 0.15) is 11.5 Å². The maximum Gasteiger partial charge on any atom is 0.130 e. The summed E-state index contributed by atoms with van der Waals surface area (Å²) in [6, 6.07) is 16.5. The maximum absolute atomic E-state index is 9.62. The molecule has 0 unspecified atom stereocenters. The van der Waals surface area contributed by atoms with Crippen LogP contribution in [0.3, 0.4) is 0 Å². The molecule has 0 spiro atoms. The molecule has 0 bridgehead atoms. The number of aliphatic hydroxyl groups excluding tert-OH is 1. The van der Waals surface area contributed by atoms with E-state index < -0.39 is 0 Å². The Labute approximate surface area is 138 Å². The van der Waals surface area contributed by atoms with E-state index in [2.05, 4.69) is 24.0 Å². The molecule has 1 heterocycles. The zero-order chi connectivity index (χ0) is 16.2. The molecule has 23 heavy (non-hydrogen) atoms. The minimum absolute atomic E-state index is 0.220. The van der Waals surface area contributed by atoms with Crippen molar-refractivity contribution in [2.45, 2.75) is 32.7 Å². The molecule has 0 saturated carbocycles. The highest BCUT2D eigenvalue weighted by atomic mass is 16.5. The van der Waals surface area contributed by atoms with Crippen molar-refractivity contribution < 1.29 is 9.84 Å². The van der Waals surface area contributed by atoms with E-state index in [0.29, 0.717) is 5.92 Å². The number of hydrogen-bond acceptors (Lipinski definition) is 3. The maximum atomic E-state index is 9.62. The Bertz CT molecular complexity index is 638. The van der Waals surface area contributed by atoms with Gasteiger partial charge in [-0.15, -0.1) is 0 Å². The van der Waals surface area contributed by atoms with E-state index in [4.69, 9.17) is 4.74 Å². The normalized spacial score (nSPS) is 20.7. The van der Waals surface area contributed by atoms with Crippen molar-refractivity contribution in [1.82, 2.24) is 0 Å². The molecule has 0 aliphatic carbocycles. The van der Waals surface area contributed by atoms with E-state index in [0.717, 1.165) is 35.7 Å². The Balaban J connectivity index is 1.73. The fraction of sp³-hybridized carbons (Fsp3) is 0.400. The number of aryl methyl sites for hydroxylation is 1. The third-order valence-electron chi connectivity index (χ3n) is 4.78. The molecule has 0 radical (unpaired) electrons. The van der Waals surface area contributed by atoms with Crippen LogP contribution in [-0.2, 0) is 0 Å². The summed E-state index contributed by atoms with van der Waals surface area (Å²) in [6.07, 6.45) is 2.25. The third kappa shape index (κ3) is 3.50. The molecule has 1 fully saturated rings. The van der Waals surface area contributed by atoms with Gasteiger partial charge in [0.25, 0.3) is 0 Å². The number of benzene rings is 2. The van der Waals surface area contributed by atoms with Gasteiger partial charge in [0.05, 0.1) is 12.6 Å². The average molecular weight is 311 g/mol. The Kier molecular flexibility index (Phi) is 4.87. The Morgan fingerprint density at radius 1 is 1.13 bits per heavy atom. The Morgan fingerprint density at radius 2 is 1.87 bits per heavy atom. The van der Waals surface area contributed by atoms with Crippen LogP contribution < -0.4 is 9.64 Å². The van der Waals surface area contributed by atoms with Gasteiger partial charge < -0.3 is 14.7 Å². The minimum Gasteiger partial charge on any atom is -0.457 e. The number of nitrogens with zero attached hydrogens (tertiary/aromatic N) is 1. The summed E-state index contributed by atoms with van der Waals surface area (Å²) in [4.78, 5) is 2.33. The number of anilines is 1. The van der Waals surface area contributed by atoms with Crippen molar-refractivity contribution in [2.75, 3.05) is 18.1 Å². The number of aliphatic hydroxyl groups is 1. The molecule has 2 atom stereocenters. The van der Waals surface area contributed by atoms with Gasteiger partial charge in [0.2, 0.25) is 0 Å². The van der Waals surface area contributed by atoms with Crippen molar-refractivity contribution in [2.24, 2.45) is 5.92 Å².